The highest BCUT2D eigenvalue weighted by molar-refractivity contribution is 5.84. The molecule has 0 radical (unpaired) electrons. The molecule has 0 amide bonds. The van der Waals surface area contributed by atoms with Gasteiger partial charge in [0.2, 0.25) is 0 Å². The van der Waals surface area contributed by atoms with E-state index in [-0.39, 0.29) is 0 Å². The van der Waals surface area contributed by atoms with Gasteiger partial charge in [-0.05, 0) is 25.0 Å². The Hall–Kier alpha value is -1.51. The van der Waals surface area contributed by atoms with Gasteiger partial charge in [-0.2, -0.15) is 0 Å². The number of rotatable bonds is 2. The first-order valence-electron chi connectivity index (χ1n) is 5.93. The summed E-state index contributed by atoms with van der Waals surface area (Å²) in [4.78, 5) is 13.6. The summed E-state index contributed by atoms with van der Waals surface area (Å²) in [5.41, 5.74) is 2.44. The summed E-state index contributed by atoms with van der Waals surface area (Å²) >= 11 is 0. The first kappa shape index (κ1) is 12.0. The van der Waals surface area contributed by atoms with E-state index in [0.717, 1.165) is 17.8 Å². The number of carbonyl (C=O) groups is 1. The van der Waals surface area contributed by atoms with Crippen molar-refractivity contribution in [1.82, 2.24) is 0 Å². The molecule has 0 saturated heterocycles. The summed E-state index contributed by atoms with van der Waals surface area (Å²) in [6, 6.07) is 6.00. The van der Waals surface area contributed by atoms with Crippen LogP contribution in [0.1, 0.15) is 37.8 Å². The van der Waals surface area contributed by atoms with Gasteiger partial charge in [0.05, 0.1) is 5.41 Å². The van der Waals surface area contributed by atoms with Crippen LogP contribution in [0, 0.1) is 0 Å². The highest BCUT2D eigenvalue weighted by Crippen LogP contribution is 2.42. The van der Waals surface area contributed by atoms with Crippen LogP contribution in [0.25, 0.3) is 0 Å². The SMILES string of the molecule is CC1CN(C)c2c1cccc2C(C)(C)C(=O)O. The minimum absolute atomic E-state index is 0.472. The standard InChI is InChI=1S/C14H19NO2/c1-9-8-15(4)12-10(9)6-5-7-11(12)14(2,3)13(16)17/h5-7,9H,8H2,1-4H3,(H,16,17). The molecule has 1 aliphatic heterocycles. The van der Waals surface area contributed by atoms with Crippen LogP contribution in [-0.4, -0.2) is 24.7 Å². The maximum absolute atomic E-state index is 11.4. The van der Waals surface area contributed by atoms with Gasteiger partial charge >= 0.3 is 5.97 Å². The zero-order valence-corrected chi connectivity index (χ0v) is 10.8. The number of hydrogen-bond donors (Lipinski definition) is 1. The van der Waals surface area contributed by atoms with Gasteiger partial charge in [0.15, 0.2) is 0 Å². The first-order chi connectivity index (χ1) is 7.85. The number of fused-ring (bicyclic) bond motifs is 1. The lowest BCUT2D eigenvalue weighted by molar-refractivity contribution is -0.142. The lowest BCUT2D eigenvalue weighted by atomic mass is 9.82. The molecule has 2 rings (SSSR count). The van der Waals surface area contributed by atoms with E-state index in [0.29, 0.717) is 5.92 Å². The molecule has 1 aliphatic rings. The van der Waals surface area contributed by atoms with Gasteiger partial charge in [0, 0.05) is 25.2 Å². The summed E-state index contributed by atoms with van der Waals surface area (Å²) in [5.74, 6) is -0.307. The number of hydrogen-bond acceptors (Lipinski definition) is 2. The highest BCUT2D eigenvalue weighted by atomic mass is 16.4. The molecule has 1 heterocycles. The number of benzene rings is 1. The van der Waals surface area contributed by atoms with E-state index in [1.165, 1.54) is 5.56 Å². The molecule has 1 unspecified atom stereocenters. The molecule has 3 heteroatoms. The van der Waals surface area contributed by atoms with Gasteiger partial charge in [-0.1, -0.05) is 25.1 Å². The van der Waals surface area contributed by atoms with Crippen LogP contribution in [0.5, 0.6) is 0 Å². The average Bonchev–Trinajstić information content (AvgIpc) is 2.54. The van der Waals surface area contributed by atoms with Crippen molar-refractivity contribution in [2.45, 2.75) is 32.1 Å². The molecule has 0 aliphatic carbocycles. The van der Waals surface area contributed by atoms with E-state index in [2.05, 4.69) is 17.9 Å². The van der Waals surface area contributed by atoms with Crippen molar-refractivity contribution in [1.29, 1.82) is 0 Å². The van der Waals surface area contributed by atoms with Gasteiger partial charge in [0.1, 0.15) is 0 Å². The lowest BCUT2D eigenvalue weighted by Gasteiger charge is -2.26. The Balaban J connectivity index is 2.62. The normalized spacial score (nSPS) is 19.3. The van der Waals surface area contributed by atoms with Crippen LogP contribution in [0.15, 0.2) is 18.2 Å². The fraction of sp³-hybridized carbons (Fsp3) is 0.500. The molecule has 17 heavy (non-hydrogen) atoms. The molecular formula is C14H19NO2. The second kappa shape index (κ2) is 3.76. The third-order valence-corrected chi connectivity index (χ3v) is 3.74. The molecule has 0 bridgehead atoms. The molecular weight excluding hydrogens is 214 g/mol. The van der Waals surface area contributed by atoms with Crippen LogP contribution in [0.4, 0.5) is 5.69 Å². The summed E-state index contributed by atoms with van der Waals surface area (Å²) in [6.45, 7) is 6.67. The number of anilines is 1. The summed E-state index contributed by atoms with van der Waals surface area (Å²) in [7, 11) is 2.03. The van der Waals surface area contributed by atoms with Crippen LogP contribution < -0.4 is 4.90 Å². The second-order valence-electron chi connectivity index (χ2n) is 5.46. The van der Waals surface area contributed by atoms with E-state index >= 15 is 0 Å². The summed E-state index contributed by atoms with van der Waals surface area (Å²) in [6.07, 6.45) is 0. The van der Waals surface area contributed by atoms with E-state index < -0.39 is 11.4 Å². The predicted octanol–water partition coefficient (Wildman–Crippen LogP) is 2.60. The van der Waals surface area contributed by atoms with Crippen molar-refractivity contribution in [3.05, 3.63) is 29.3 Å². The fourth-order valence-corrected chi connectivity index (χ4v) is 2.61. The van der Waals surface area contributed by atoms with Gasteiger partial charge in [-0.25, -0.2) is 0 Å². The van der Waals surface area contributed by atoms with Gasteiger partial charge in [-0.3, -0.25) is 4.79 Å². The third-order valence-electron chi connectivity index (χ3n) is 3.74. The number of nitrogens with zero attached hydrogens (tertiary/aromatic N) is 1. The zero-order chi connectivity index (χ0) is 12.8. The van der Waals surface area contributed by atoms with Crippen LogP contribution in [-0.2, 0) is 10.2 Å². The fourth-order valence-electron chi connectivity index (χ4n) is 2.61. The maximum atomic E-state index is 11.4. The second-order valence-corrected chi connectivity index (χ2v) is 5.46. The molecule has 0 spiro atoms. The highest BCUT2D eigenvalue weighted by Gasteiger charge is 2.36. The Kier molecular flexibility index (Phi) is 2.64. The average molecular weight is 233 g/mol. The topological polar surface area (TPSA) is 40.5 Å². The smallest absolute Gasteiger partial charge is 0.313 e. The van der Waals surface area contributed by atoms with Crippen molar-refractivity contribution in [2.75, 3.05) is 18.5 Å². The Morgan fingerprint density at radius 3 is 2.71 bits per heavy atom. The zero-order valence-electron chi connectivity index (χ0n) is 10.8. The quantitative estimate of drug-likeness (QED) is 0.853. The molecule has 1 aromatic rings. The Bertz CT molecular complexity index is 465. The summed E-state index contributed by atoms with van der Waals surface area (Å²) < 4.78 is 0. The van der Waals surface area contributed by atoms with Crippen LogP contribution in [0.3, 0.4) is 0 Å². The van der Waals surface area contributed by atoms with E-state index in [4.69, 9.17) is 0 Å². The van der Waals surface area contributed by atoms with Crippen molar-refractivity contribution >= 4 is 11.7 Å². The molecule has 1 atom stereocenters. The molecule has 0 aromatic heterocycles. The third kappa shape index (κ3) is 1.70. The molecule has 0 fully saturated rings. The number of aliphatic carboxylic acids is 1. The predicted molar refractivity (Wildman–Crippen MR) is 68.8 cm³/mol. The minimum atomic E-state index is -0.844. The number of likely N-dealkylation sites (N-methyl/N-ethyl adjacent to an activating group) is 1. The minimum Gasteiger partial charge on any atom is -0.481 e. The van der Waals surface area contributed by atoms with E-state index in [1.807, 2.05) is 19.2 Å². The number of carboxylic acids is 1. The van der Waals surface area contributed by atoms with Crippen LogP contribution >= 0.6 is 0 Å². The van der Waals surface area contributed by atoms with Gasteiger partial charge in [0.25, 0.3) is 0 Å². The van der Waals surface area contributed by atoms with Crippen molar-refractivity contribution in [3.8, 4) is 0 Å². The molecule has 3 nitrogen and oxygen atoms in total. The Labute approximate surface area is 102 Å². The molecule has 92 valence electrons. The largest absolute Gasteiger partial charge is 0.481 e. The Morgan fingerprint density at radius 2 is 2.12 bits per heavy atom. The number of para-hydroxylation sites is 1. The van der Waals surface area contributed by atoms with Crippen molar-refractivity contribution in [2.24, 2.45) is 0 Å². The van der Waals surface area contributed by atoms with Crippen molar-refractivity contribution in [3.63, 3.8) is 0 Å². The van der Waals surface area contributed by atoms with E-state index in [9.17, 15) is 9.90 Å². The van der Waals surface area contributed by atoms with Crippen LogP contribution in [0.2, 0.25) is 0 Å². The van der Waals surface area contributed by atoms with E-state index in [1.54, 1.807) is 13.8 Å². The molecule has 0 saturated carbocycles. The van der Waals surface area contributed by atoms with Gasteiger partial charge in [-0.15, -0.1) is 0 Å². The monoisotopic (exact) mass is 233 g/mol. The lowest BCUT2D eigenvalue weighted by Crippen LogP contribution is -2.30. The van der Waals surface area contributed by atoms with Crippen molar-refractivity contribution < 1.29 is 9.90 Å². The molecule has 1 N–H and O–H groups in total. The maximum Gasteiger partial charge on any atom is 0.313 e. The number of carboxylic acid groups (broad SMARTS) is 1. The first-order valence-corrected chi connectivity index (χ1v) is 5.93. The summed E-state index contributed by atoms with van der Waals surface area (Å²) in [5, 5.41) is 9.36. The Morgan fingerprint density at radius 1 is 1.47 bits per heavy atom. The van der Waals surface area contributed by atoms with Gasteiger partial charge < -0.3 is 10.0 Å². The molecule has 1 aromatic carbocycles.